The average Bonchev–Trinajstić information content (AvgIpc) is 2.43. The summed E-state index contributed by atoms with van der Waals surface area (Å²) in [6.45, 7) is 3.37. The van der Waals surface area contributed by atoms with Crippen LogP contribution >= 0.6 is 39.3 Å². The van der Waals surface area contributed by atoms with Gasteiger partial charge in [0, 0.05) is 35.5 Å². The third-order valence-corrected chi connectivity index (χ3v) is 4.94. The minimum Gasteiger partial charge on any atom is -0.491 e. The van der Waals surface area contributed by atoms with Crippen molar-refractivity contribution in [3.8, 4) is 5.75 Å². The third kappa shape index (κ3) is 5.06. The maximum atomic E-state index is 12.2. The van der Waals surface area contributed by atoms with Crippen molar-refractivity contribution in [2.75, 3.05) is 30.0 Å². The average molecular weight is 394 g/mol. The van der Waals surface area contributed by atoms with Gasteiger partial charge >= 0.3 is 0 Å². The van der Waals surface area contributed by atoms with E-state index in [1.54, 1.807) is 12.1 Å². The second-order valence-electron chi connectivity index (χ2n) is 4.68. The predicted molar refractivity (Wildman–Crippen MR) is 92.7 cm³/mol. The monoisotopic (exact) mass is 392 g/mol. The highest BCUT2D eigenvalue weighted by atomic mass is 79.9. The van der Waals surface area contributed by atoms with Gasteiger partial charge in [-0.05, 0) is 35.0 Å². The molecule has 0 radical (unpaired) electrons. The molecule has 1 aromatic rings. The van der Waals surface area contributed by atoms with Crippen LogP contribution in [0.2, 0.25) is 5.02 Å². The van der Waals surface area contributed by atoms with Crippen LogP contribution in [-0.4, -0.2) is 36.6 Å². The predicted octanol–water partition coefficient (Wildman–Crippen LogP) is 3.53. The highest BCUT2D eigenvalue weighted by molar-refractivity contribution is 9.10. The molecule has 1 saturated heterocycles. The summed E-state index contributed by atoms with van der Waals surface area (Å²) in [5.41, 5.74) is 0.602. The van der Waals surface area contributed by atoms with Crippen LogP contribution in [0.1, 0.15) is 13.3 Å². The zero-order valence-corrected chi connectivity index (χ0v) is 14.9. The number of anilines is 1. The van der Waals surface area contributed by atoms with Gasteiger partial charge in [-0.2, -0.15) is 11.8 Å². The van der Waals surface area contributed by atoms with Crippen molar-refractivity contribution in [2.24, 2.45) is 0 Å². The van der Waals surface area contributed by atoms with Gasteiger partial charge < -0.3 is 15.4 Å². The van der Waals surface area contributed by atoms with E-state index in [2.05, 4.69) is 26.6 Å². The van der Waals surface area contributed by atoms with Crippen LogP contribution in [0, 0.1) is 0 Å². The number of ether oxygens (including phenoxy) is 1. The number of carbonyl (C=O) groups is 1. The molecule has 0 spiro atoms. The molecule has 1 amide bonds. The molecule has 4 nitrogen and oxygen atoms in total. The summed E-state index contributed by atoms with van der Waals surface area (Å²) in [5.74, 6) is 2.64. The normalized spacial score (nSPS) is 18.3. The molecule has 2 rings (SSSR count). The maximum absolute atomic E-state index is 12.2. The Morgan fingerprint density at radius 2 is 2.43 bits per heavy atom. The van der Waals surface area contributed by atoms with Crippen molar-refractivity contribution in [2.45, 2.75) is 19.4 Å². The Morgan fingerprint density at radius 1 is 1.62 bits per heavy atom. The van der Waals surface area contributed by atoms with E-state index < -0.39 is 0 Å². The van der Waals surface area contributed by atoms with Gasteiger partial charge in [-0.15, -0.1) is 0 Å². The second-order valence-corrected chi connectivity index (χ2v) is 7.12. The van der Waals surface area contributed by atoms with Crippen LogP contribution in [0.3, 0.4) is 0 Å². The summed E-state index contributed by atoms with van der Waals surface area (Å²) in [6, 6.07) is 3.68. The van der Waals surface area contributed by atoms with E-state index in [0.29, 0.717) is 29.5 Å². The van der Waals surface area contributed by atoms with E-state index in [1.165, 1.54) is 0 Å². The number of rotatable bonds is 5. The summed E-state index contributed by atoms with van der Waals surface area (Å²) >= 11 is 11.3. The first-order chi connectivity index (χ1) is 10.1. The molecular weight excluding hydrogens is 376 g/mol. The molecule has 1 aliphatic rings. The lowest BCUT2D eigenvalue weighted by molar-refractivity contribution is -0.116. The highest BCUT2D eigenvalue weighted by Crippen LogP contribution is 2.36. The Bertz CT molecular complexity index is 510. The molecule has 7 heteroatoms. The van der Waals surface area contributed by atoms with Crippen LogP contribution in [0.5, 0.6) is 5.75 Å². The van der Waals surface area contributed by atoms with Crippen LogP contribution in [0.15, 0.2) is 16.6 Å². The number of hydrogen-bond donors (Lipinski definition) is 2. The van der Waals surface area contributed by atoms with Gasteiger partial charge in [0.05, 0.1) is 16.8 Å². The van der Waals surface area contributed by atoms with Gasteiger partial charge in [-0.3, -0.25) is 4.79 Å². The lowest BCUT2D eigenvalue weighted by atomic mass is 10.2. The first kappa shape index (κ1) is 16.9. The molecule has 1 aliphatic heterocycles. The van der Waals surface area contributed by atoms with E-state index in [4.69, 9.17) is 16.3 Å². The molecule has 2 N–H and O–H groups in total. The second kappa shape index (κ2) is 8.27. The molecule has 1 heterocycles. The molecule has 0 aromatic heterocycles. The van der Waals surface area contributed by atoms with Crippen LogP contribution in [0.25, 0.3) is 0 Å². The molecule has 1 unspecified atom stereocenters. The number of hydrogen-bond acceptors (Lipinski definition) is 4. The van der Waals surface area contributed by atoms with Crippen molar-refractivity contribution < 1.29 is 9.53 Å². The summed E-state index contributed by atoms with van der Waals surface area (Å²) in [4.78, 5) is 12.2. The maximum Gasteiger partial charge on any atom is 0.226 e. The highest BCUT2D eigenvalue weighted by Gasteiger charge is 2.18. The third-order valence-electron chi connectivity index (χ3n) is 3.00. The Labute approximate surface area is 142 Å². The minimum atomic E-state index is -0.0369. The minimum absolute atomic E-state index is 0.0369. The van der Waals surface area contributed by atoms with E-state index in [1.807, 2.05) is 18.7 Å². The van der Waals surface area contributed by atoms with Crippen molar-refractivity contribution in [3.63, 3.8) is 0 Å². The van der Waals surface area contributed by atoms with Gasteiger partial charge in [0.25, 0.3) is 0 Å². The largest absolute Gasteiger partial charge is 0.491 e. The van der Waals surface area contributed by atoms with Crippen molar-refractivity contribution >= 4 is 50.9 Å². The SMILES string of the molecule is CCOc1c(Br)cc(Cl)cc1NC(=O)CC1CSCCN1. The van der Waals surface area contributed by atoms with Crippen LogP contribution in [-0.2, 0) is 4.79 Å². The smallest absolute Gasteiger partial charge is 0.226 e. The van der Waals surface area contributed by atoms with Gasteiger partial charge in [-0.25, -0.2) is 0 Å². The molecule has 0 bridgehead atoms. The summed E-state index contributed by atoms with van der Waals surface area (Å²) in [6.07, 6.45) is 0.447. The first-order valence-electron chi connectivity index (χ1n) is 6.83. The standard InChI is InChI=1S/C14H18BrClN2O2S/c1-2-20-14-11(15)5-9(16)6-12(14)18-13(19)7-10-8-21-4-3-17-10/h5-6,10,17H,2-4,7-8H2,1H3,(H,18,19). The van der Waals surface area contributed by atoms with Gasteiger partial charge in [0.2, 0.25) is 5.91 Å². The number of benzene rings is 1. The van der Waals surface area contributed by atoms with E-state index in [0.717, 1.165) is 22.5 Å². The van der Waals surface area contributed by atoms with Gasteiger partial charge in [0.15, 0.2) is 5.75 Å². The molecule has 1 fully saturated rings. The topological polar surface area (TPSA) is 50.4 Å². The van der Waals surface area contributed by atoms with E-state index in [9.17, 15) is 4.79 Å². The van der Waals surface area contributed by atoms with Crippen LogP contribution in [0.4, 0.5) is 5.69 Å². The van der Waals surface area contributed by atoms with Crippen molar-refractivity contribution in [3.05, 3.63) is 21.6 Å². The van der Waals surface area contributed by atoms with Gasteiger partial charge in [0.1, 0.15) is 0 Å². The molecular formula is C14H18BrClN2O2S. The molecule has 21 heavy (non-hydrogen) atoms. The zero-order valence-electron chi connectivity index (χ0n) is 11.7. The number of nitrogens with one attached hydrogen (secondary N) is 2. The Balaban J connectivity index is 2.05. The fourth-order valence-electron chi connectivity index (χ4n) is 2.12. The Kier molecular flexibility index (Phi) is 6.67. The summed E-state index contributed by atoms with van der Waals surface area (Å²) < 4.78 is 6.31. The molecule has 0 saturated carbocycles. The number of thioether (sulfide) groups is 1. The van der Waals surface area contributed by atoms with Crippen molar-refractivity contribution in [1.82, 2.24) is 5.32 Å². The quantitative estimate of drug-likeness (QED) is 0.803. The lowest BCUT2D eigenvalue weighted by Gasteiger charge is -2.23. The number of carbonyl (C=O) groups excluding carboxylic acids is 1. The number of halogens is 2. The Morgan fingerprint density at radius 3 is 3.10 bits per heavy atom. The molecule has 116 valence electrons. The first-order valence-corrected chi connectivity index (χ1v) is 9.15. The van der Waals surface area contributed by atoms with Crippen LogP contribution < -0.4 is 15.4 Å². The van der Waals surface area contributed by atoms with Gasteiger partial charge in [-0.1, -0.05) is 11.6 Å². The fourth-order valence-corrected chi connectivity index (χ4v) is 3.99. The lowest BCUT2D eigenvalue weighted by Crippen LogP contribution is -2.39. The Hall–Kier alpha value is -0.430. The van der Waals surface area contributed by atoms with E-state index in [-0.39, 0.29) is 11.9 Å². The summed E-state index contributed by atoms with van der Waals surface area (Å²) in [5, 5.41) is 6.79. The zero-order chi connectivity index (χ0) is 15.2. The molecule has 0 aliphatic carbocycles. The van der Waals surface area contributed by atoms with Crippen molar-refractivity contribution in [1.29, 1.82) is 0 Å². The summed E-state index contributed by atoms with van der Waals surface area (Å²) in [7, 11) is 0. The molecule has 1 atom stereocenters. The fraction of sp³-hybridized carbons (Fsp3) is 0.500. The number of amides is 1. The van der Waals surface area contributed by atoms with E-state index >= 15 is 0 Å². The molecule has 1 aromatic carbocycles.